The number of nitrogens with two attached hydrogens (primary N) is 2. The summed E-state index contributed by atoms with van der Waals surface area (Å²) in [6.45, 7) is 1.17. The molecule has 0 spiro atoms. The highest BCUT2D eigenvalue weighted by Crippen LogP contribution is 2.34. The molecule has 26 heavy (non-hydrogen) atoms. The van der Waals surface area contributed by atoms with Crippen LogP contribution in [-0.2, 0) is 16.0 Å². The molecule has 1 heterocycles. The van der Waals surface area contributed by atoms with Crippen molar-refractivity contribution in [3.8, 4) is 11.3 Å². The topological polar surface area (TPSA) is 117 Å². The Bertz CT molecular complexity index is 758. The van der Waals surface area contributed by atoms with Gasteiger partial charge in [-0.1, -0.05) is 35.3 Å². The predicted molar refractivity (Wildman–Crippen MR) is 102 cm³/mol. The minimum absolute atomic E-state index is 0.256. The molecule has 0 unspecified atom stereocenters. The van der Waals surface area contributed by atoms with Gasteiger partial charge in [0.05, 0.1) is 10.0 Å². The monoisotopic (exact) mass is 397 g/mol. The first-order valence-electron chi connectivity index (χ1n) is 8.28. The number of halogens is 2. The Hall–Kier alpha value is -1.96. The van der Waals surface area contributed by atoms with Crippen molar-refractivity contribution in [3.05, 3.63) is 34.1 Å². The molecule has 1 aromatic heterocycles. The standard InChI is InChI=1S/C17H21Cl2N5O2/c18-12-6-3-5-11(15(12)19)16-17(21)22-14(23-24-16)8-4-10-26-9-2-1-7-13(20)25/h3,5-6H,1-2,4,7-10H2,(H2,20,25)(H2,21,22,23). The van der Waals surface area contributed by atoms with Gasteiger partial charge < -0.3 is 16.2 Å². The van der Waals surface area contributed by atoms with E-state index in [0.29, 0.717) is 53.2 Å². The van der Waals surface area contributed by atoms with Gasteiger partial charge in [0.2, 0.25) is 5.91 Å². The highest BCUT2D eigenvalue weighted by molar-refractivity contribution is 6.43. The molecule has 0 saturated heterocycles. The van der Waals surface area contributed by atoms with Gasteiger partial charge in [-0.3, -0.25) is 4.79 Å². The number of nitrogen functional groups attached to an aromatic ring is 1. The second kappa shape index (κ2) is 10.3. The lowest BCUT2D eigenvalue weighted by atomic mass is 10.1. The number of carbonyl (C=O) groups excluding carboxylic acids is 1. The number of amides is 1. The number of aryl methyl sites for hydroxylation is 1. The maximum Gasteiger partial charge on any atom is 0.217 e. The Labute approximate surface area is 162 Å². The van der Waals surface area contributed by atoms with E-state index in [1.165, 1.54) is 0 Å². The fourth-order valence-electron chi connectivity index (χ4n) is 2.30. The molecule has 0 aliphatic heterocycles. The summed E-state index contributed by atoms with van der Waals surface area (Å²) in [5.41, 5.74) is 12.1. The largest absolute Gasteiger partial charge is 0.382 e. The molecule has 9 heteroatoms. The molecule has 0 radical (unpaired) electrons. The Kier molecular flexibility index (Phi) is 8.03. The van der Waals surface area contributed by atoms with Crippen molar-refractivity contribution in [1.29, 1.82) is 0 Å². The van der Waals surface area contributed by atoms with Crippen LogP contribution in [0.25, 0.3) is 11.3 Å². The number of hydrogen-bond donors (Lipinski definition) is 2. The zero-order valence-electron chi connectivity index (χ0n) is 14.3. The van der Waals surface area contributed by atoms with E-state index in [-0.39, 0.29) is 11.7 Å². The second-order valence-electron chi connectivity index (χ2n) is 5.70. The van der Waals surface area contributed by atoms with E-state index in [2.05, 4.69) is 15.2 Å². The maximum absolute atomic E-state index is 10.6. The molecule has 4 N–H and O–H groups in total. The molecule has 7 nitrogen and oxygen atoms in total. The third kappa shape index (κ3) is 6.09. The summed E-state index contributed by atoms with van der Waals surface area (Å²) >= 11 is 12.2. The number of aromatic nitrogens is 3. The molecule has 2 aromatic rings. The predicted octanol–water partition coefficient (Wildman–Crippen LogP) is 3.03. The van der Waals surface area contributed by atoms with Crippen LogP contribution in [-0.4, -0.2) is 34.3 Å². The third-order valence-electron chi connectivity index (χ3n) is 3.62. The van der Waals surface area contributed by atoms with Gasteiger partial charge in [-0.05, 0) is 25.3 Å². The smallest absolute Gasteiger partial charge is 0.217 e. The van der Waals surface area contributed by atoms with E-state index in [9.17, 15) is 4.79 Å². The van der Waals surface area contributed by atoms with Gasteiger partial charge in [-0.15, -0.1) is 10.2 Å². The van der Waals surface area contributed by atoms with Crippen molar-refractivity contribution in [3.63, 3.8) is 0 Å². The summed E-state index contributed by atoms with van der Waals surface area (Å²) in [6, 6.07) is 5.22. The van der Waals surface area contributed by atoms with Gasteiger partial charge in [-0.2, -0.15) is 0 Å². The number of unbranched alkanes of at least 4 members (excludes halogenated alkanes) is 1. The normalized spacial score (nSPS) is 10.8. The van der Waals surface area contributed by atoms with Gasteiger partial charge in [0.15, 0.2) is 11.6 Å². The van der Waals surface area contributed by atoms with Crippen molar-refractivity contribution in [2.45, 2.75) is 32.1 Å². The van der Waals surface area contributed by atoms with Gasteiger partial charge in [0.25, 0.3) is 0 Å². The molecule has 0 fully saturated rings. The van der Waals surface area contributed by atoms with Gasteiger partial charge >= 0.3 is 0 Å². The summed E-state index contributed by atoms with van der Waals surface area (Å²) in [4.78, 5) is 14.9. The number of ether oxygens (including phenoxy) is 1. The zero-order valence-corrected chi connectivity index (χ0v) is 15.8. The molecule has 2 rings (SSSR count). The Morgan fingerprint density at radius 2 is 1.88 bits per heavy atom. The van der Waals surface area contributed by atoms with Crippen LogP contribution in [0.3, 0.4) is 0 Å². The molecule has 0 aliphatic carbocycles. The van der Waals surface area contributed by atoms with Crippen molar-refractivity contribution in [2.24, 2.45) is 5.73 Å². The van der Waals surface area contributed by atoms with Crippen LogP contribution < -0.4 is 11.5 Å². The lowest BCUT2D eigenvalue weighted by molar-refractivity contribution is -0.118. The van der Waals surface area contributed by atoms with Crippen LogP contribution >= 0.6 is 23.2 Å². The van der Waals surface area contributed by atoms with E-state index in [0.717, 1.165) is 19.3 Å². The Morgan fingerprint density at radius 3 is 2.62 bits per heavy atom. The first-order chi connectivity index (χ1) is 12.5. The highest BCUT2D eigenvalue weighted by Gasteiger charge is 2.13. The first-order valence-corrected chi connectivity index (χ1v) is 9.04. The fourth-order valence-corrected chi connectivity index (χ4v) is 2.69. The number of nitrogens with zero attached hydrogens (tertiary/aromatic N) is 3. The highest BCUT2D eigenvalue weighted by atomic mass is 35.5. The summed E-state index contributed by atoms with van der Waals surface area (Å²) in [7, 11) is 0. The van der Waals surface area contributed by atoms with E-state index < -0.39 is 0 Å². The maximum atomic E-state index is 10.6. The lowest BCUT2D eigenvalue weighted by Crippen LogP contribution is -2.10. The van der Waals surface area contributed by atoms with Gasteiger partial charge in [-0.25, -0.2) is 4.98 Å². The van der Waals surface area contributed by atoms with Crippen LogP contribution in [0.1, 0.15) is 31.5 Å². The minimum atomic E-state index is -0.283. The molecule has 0 aliphatic rings. The molecule has 1 aromatic carbocycles. The molecule has 0 atom stereocenters. The Balaban J connectivity index is 1.81. The Morgan fingerprint density at radius 1 is 1.12 bits per heavy atom. The average Bonchev–Trinajstić information content (AvgIpc) is 2.60. The number of anilines is 1. The summed E-state index contributed by atoms with van der Waals surface area (Å²) in [6.07, 6.45) is 3.29. The van der Waals surface area contributed by atoms with E-state index in [1.54, 1.807) is 18.2 Å². The number of primary amides is 1. The van der Waals surface area contributed by atoms with E-state index in [4.69, 9.17) is 39.4 Å². The second-order valence-corrected chi connectivity index (χ2v) is 6.49. The fraction of sp³-hybridized carbons (Fsp3) is 0.412. The van der Waals surface area contributed by atoms with Crippen LogP contribution in [0.4, 0.5) is 5.82 Å². The number of carbonyl (C=O) groups is 1. The third-order valence-corrected chi connectivity index (χ3v) is 4.43. The van der Waals surface area contributed by atoms with Crippen LogP contribution in [0, 0.1) is 0 Å². The summed E-state index contributed by atoms with van der Waals surface area (Å²) < 4.78 is 5.50. The first kappa shape index (κ1) is 20.4. The van der Waals surface area contributed by atoms with E-state index in [1.807, 2.05) is 0 Å². The van der Waals surface area contributed by atoms with Crippen molar-refractivity contribution < 1.29 is 9.53 Å². The number of rotatable bonds is 10. The van der Waals surface area contributed by atoms with Crippen LogP contribution in [0.15, 0.2) is 18.2 Å². The molecule has 140 valence electrons. The minimum Gasteiger partial charge on any atom is -0.382 e. The van der Waals surface area contributed by atoms with Crippen LogP contribution in [0.2, 0.25) is 10.0 Å². The average molecular weight is 398 g/mol. The van der Waals surface area contributed by atoms with Gasteiger partial charge in [0.1, 0.15) is 5.69 Å². The molecule has 0 saturated carbocycles. The molecular formula is C17H21Cl2N5O2. The number of benzene rings is 1. The molecular weight excluding hydrogens is 377 g/mol. The quantitative estimate of drug-likeness (QED) is 0.594. The van der Waals surface area contributed by atoms with Crippen molar-refractivity contribution >= 4 is 34.9 Å². The van der Waals surface area contributed by atoms with Crippen molar-refractivity contribution in [2.75, 3.05) is 18.9 Å². The van der Waals surface area contributed by atoms with Crippen molar-refractivity contribution in [1.82, 2.24) is 15.2 Å². The lowest BCUT2D eigenvalue weighted by Gasteiger charge is -2.08. The molecule has 0 bridgehead atoms. The summed E-state index contributed by atoms with van der Waals surface area (Å²) in [5.74, 6) is 0.517. The SMILES string of the molecule is NC(=O)CCCCOCCCc1nnc(-c2cccc(Cl)c2Cl)c(N)n1. The van der Waals surface area contributed by atoms with E-state index >= 15 is 0 Å². The zero-order chi connectivity index (χ0) is 18.9. The summed E-state index contributed by atoms with van der Waals surface area (Å²) in [5, 5.41) is 9.03. The number of hydrogen-bond acceptors (Lipinski definition) is 6. The van der Waals surface area contributed by atoms with Gasteiger partial charge in [0, 0.05) is 31.6 Å². The van der Waals surface area contributed by atoms with Crippen LogP contribution in [0.5, 0.6) is 0 Å². The molecule has 1 amide bonds.